The summed E-state index contributed by atoms with van der Waals surface area (Å²) in [4.78, 5) is 31.8. The first-order chi connectivity index (χ1) is 15.3. The van der Waals surface area contributed by atoms with Gasteiger partial charge >= 0.3 is 0 Å². The van der Waals surface area contributed by atoms with Crippen LogP contribution in [0.5, 0.6) is 5.75 Å². The smallest absolute Gasteiger partial charge is 0.300 e. The van der Waals surface area contributed by atoms with Gasteiger partial charge in [-0.25, -0.2) is 0 Å². The molecular weight excluding hydrogens is 451 g/mol. The molecule has 6 nitrogen and oxygen atoms in total. The Bertz CT molecular complexity index is 1260. The number of halogens is 2. The first kappa shape index (κ1) is 21.9. The summed E-state index contributed by atoms with van der Waals surface area (Å²) in [7, 11) is 1.39. The lowest BCUT2D eigenvalue weighted by Gasteiger charge is -2.25. The predicted octanol–water partition coefficient (Wildman–Crippen LogP) is 5.33. The SMILES string of the molecule is COc1c(Cl)cc(Cl)cc1/C(O)=C1\C(=O)C(=O)N(c2cccc(C)c2)C1c1ccncc1. The minimum absolute atomic E-state index is 0.0978. The van der Waals surface area contributed by atoms with Crippen molar-refractivity contribution in [3.05, 3.63) is 93.2 Å². The molecule has 1 fully saturated rings. The van der Waals surface area contributed by atoms with Crippen LogP contribution >= 0.6 is 23.2 Å². The van der Waals surface area contributed by atoms with Gasteiger partial charge in [0.1, 0.15) is 11.5 Å². The topological polar surface area (TPSA) is 79.7 Å². The molecule has 1 aromatic heterocycles. The maximum absolute atomic E-state index is 13.2. The van der Waals surface area contributed by atoms with Gasteiger partial charge in [0.2, 0.25) is 0 Å². The number of nitrogens with zero attached hydrogens (tertiary/aromatic N) is 2. The molecule has 1 unspecified atom stereocenters. The van der Waals surface area contributed by atoms with Gasteiger partial charge in [0.25, 0.3) is 11.7 Å². The predicted molar refractivity (Wildman–Crippen MR) is 123 cm³/mol. The maximum Gasteiger partial charge on any atom is 0.300 e. The Balaban J connectivity index is 2.01. The number of aliphatic hydroxyl groups excluding tert-OH is 1. The summed E-state index contributed by atoms with van der Waals surface area (Å²) >= 11 is 12.4. The van der Waals surface area contributed by atoms with E-state index in [2.05, 4.69) is 4.98 Å². The molecule has 1 saturated heterocycles. The van der Waals surface area contributed by atoms with Crippen molar-refractivity contribution >= 4 is 46.3 Å². The highest BCUT2D eigenvalue weighted by molar-refractivity contribution is 6.51. The molecule has 8 heteroatoms. The molecule has 2 heterocycles. The van der Waals surface area contributed by atoms with E-state index in [4.69, 9.17) is 27.9 Å². The number of carbonyl (C=O) groups excluding carboxylic acids is 2. The number of ketones is 1. The van der Waals surface area contributed by atoms with Crippen molar-refractivity contribution in [3.63, 3.8) is 0 Å². The van der Waals surface area contributed by atoms with Crippen LogP contribution in [-0.2, 0) is 9.59 Å². The monoisotopic (exact) mass is 468 g/mol. The molecule has 162 valence electrons. The third-order valence-electron chi connectivity index (χ3n) is 5.21. The van der Waals surface area contributed by atoms with Gasteiger partial charge in [-0.2, -0.15) is 0 Å². The zero-order valence-electron chi connectivity index (χ0n) is 17.2. The molecule has 1 amide bonds. The van der Waals surface area contributed by atoms with E-state index in [1.807, 2.05) is 13.0 Å². The summed E-state index contributed by atoms with van der Waals surface area (Å²) in [5, 5.41) is 11.7. The number of benzene rings is 2. The van der Waals surface area contributed by atoms with Crippen molar-refractivity contribution in [2.24, 2.45) is 0 Å². The number of Topliss-reactive ketones (excluding diaryl/α,β-unsaturated/α-hetero) is 1. The van der Waals surface area contributed by atoms with Crippen LogP contribution in [0.1, 0.15) is 22.7 Å². The second-order valence-corrected chi connectivity index (χ2v) is 8.10. The Morgan fingerprint density at radius 1 is 1.09 bits per heavy atom. The highest BCUT2D eigenvalue weighted by atomic mass is 35.5. The van der Waals surface area contributed by atoms with Crippen LogP contribution in [0.4, 0.5) is 5.69 Å². The van der Waals surface area contributed by atoms with Crippen LogP contribution in [0.25, 0.3) is 5.76 Å². The number of rotatable bonds is 4. The fourth-order valence-corrected chi connectivity index (χ4v) is 4.40. The fraction of sp³-hybridized carbons (Fsp3) is 0.125. The molecule has 0 aliphatic carbocycles. The molecule has 2 aromatic carbocycles. The molecule has 1 N–H and O–H groups in total. The number of amides is 1. The van der Waals surface area contributed by atoms with Crippen LogP contribution in [0, 0.1) is 6.92 Å². The van der Waals surface area contributed by atoms with E-state index in [0.29, 0.717) is 11.3 Å². The summed E-state index contributed by atoms with van der Waals surface area (Å²) in [5.74, 6) is -1.87. The van der Waals surface area contributed by atoms with Crippen molar-refractivity contribution in [3.8, 4) is 5.75 Å². The number of carbonyl (C=O) groups is 2. The number of hydrogen-bond acceptors (Lipinski definition) is 5. The van der Waals surface area contributed by atoms with Gasteiger partial charge in [-0.05, 0) is 54.4 Å². The van der Waals surface area contributed by atoms with Crippen molar-refractivity contribution in [2.75, 3.05) is 12.0 Å². The number of aromatic nitrogens is 1. The van der Waals surface area contributed by atoms with Crippen LogP contribution in [0.2, 0.25) is 10.0 Å². The van der Waals surface area contributed by atoms with Gasteiger partial charge in [-0.1, -0.05) is 35.3 Å². The number of methoxy groups -OCH3 is 1. The van der Waals surface area contributed by atoms with Gasteiger partial charge in [0.15, 0.2) is 0 Å². The Morgan fingerprint density at radius 2 is 1.81 bits per heavy atom. The molecule has 1 atom stereocenters. The first-order valence-corrected chi connectivity index (χ1v) is 10.4. The third kappa shape index (κ3) is 3.72. The highest BCUT2D eigenvalue weighted by Crippen LogP contribution is 2.44. The molecule has 1 aliphatic rings. The van der Waals surface area contributed by atoms with Gasteiger partial charge in [-0.15, -0.1) is 0 Å². The summed E-state index contributed by atoms with van der Waals surface area (Å²) in [5.41, 5.74) is 2.07. The summed E-state index contributed by atoms with van der Waals surface area (Å²) in [6, 6.07) is 12.6. The zero-order chi connectivity index (χ0) is 23.0. The summed E-state index contributed by atoms with van der Waals surface area (Å²) in [6.45, 7) is 1.89. The Kier molecular flexibility index (Phi) is 5.91. The standard InChI is InChI=1S/C24H18Cl2N2O4/c1-13-4-3-5-16(10-13)28-20(14-6-8-27-9-7-14)19(22(30)24(28)31)21(29)17-11-15(25)12-18(26)23(17)32-2/h3-12,20,29H,1-2H3/b21-19+. The van der Waals surface area contributed by atoms with Crippen LogP contribution in [0.15, 0.2) is 66.5 Å². The summed E-state index contributed by atoms with van der Waals surface area (Å²) < 4.78 is 5.34. The molecular formula is C24H18Cl2N2O4. The van der Waals surface area contributed by atoms with E-state index >= 15 is 0 Å². The highest BCUT2D eigenvalue weighted by Gasteiger charge is 2.47. The number of aryl methyl sites for hydroxylation is 1. The van der Waals surface area contributed by atoms with Gasteiger partial charge in [0, 0.05) is 23.1 Å². The zero-order valence-corrected chi connectivity index (χ0v) is 18.7. The van der Waals surface area contributed by atoms with E-state index < -0.39 is 23.5 Å². The Morgan fingerprint density at radius 3 is 2.47 bits per heavy atom. The normalized spacial score (nSPS) is 17.6. The maximum atomic E-state index is 13.2. The number of anilines is 1. The summed E-state index contributed by atoms with van der Waals surface area (Å²) in [6.07, 6.45) is 3.12. The van der Waals surface area contributed by atoms with Crippen molar-refractivity contribution in [2.45, 2.75) is 13.0 Å². The molecule has 32 heavy (non-hydrogen) atoms. The molecule has 0 radical (unpaired) electrons. The fourth-order valence-electron chi connectivity index (χ4n) is 3.83. The van der Waals surface area contributed by atoms with E-state index in [9.17, 15) is 14.7 Å². The average Bonchev–Trinajstić information content (AvgIpc) is 3.04. The lowest BCUT2D eigenvalue weighted by Crippen LogP contribution is -2.29. The molecule has 0 saturated carbocycles. The van der Waals surface area contributed by atoms with E-state index in [1.54, 1.807) is 42.7 Å². The second kappa shape index (κ2) is 8.65. The van der Waals surface area contributed by atoms with Gasteiger partial charge in [-0.3, -0.25) is 19.5 Å². The molecule has 3 aromatic rings. The van der Waals surface area contributed by atoms with Crippen molar-refractivity contribution in [1.29, 1.82) is 0 Å². The lowest BCUT2D eigenvalue weighted by molar-refractivity contribution is -0.132. The first-order valence-electron chi connectivity index (χ1n) is 9.64. The van der Waals surface area contributed by atoms with Crippen LogP contribution in [-0.4, -0.2) is 28.9 Å². The molecule has 0 bridgehead atoms. The molecule has 0 spiro atoms. The second-order valence-electron chi connectivity index (χ2n) is 7.26. The largest absolute Gasteiger partial charge is 0.507 e. The lowest BCUT2D eigenvalue weighted by atomic mass is 9.95. The Hall–Kier alpha value is -3.35. The Labute approximate surface area is 194 Å². The molecule has 1 aliphatic heterocycles. The number of hydrogen-bond donors (Lipinski definition) is 1. The van der Waals surface area contributed by atoms with E-state index in [0.717, 1.165) is 5.56 Å². The van der Waals surface area contributed by atoms with Gasteiger partial charge in [0.05, 0.1) is 29.3 Å². The van der Waals surface area contributed by atoms with Gasteiger partial charge < -0.3 is 9.84 Å². The average molecular weight is 469 g/mol. The molecule has 4 rings (SSSR count). The van der Waals surface area contributed by atoms with Crippen molar-refractivity contribution in [1.82, 2.24) is 4.98 Å². The quantitative estimate of drug-likeness (QED) is 0.317. The minimum atomic E-state index is -0.887. The number of aliphatic hydroxyl groups is 1. The number of ether oxygens (including phenoxy) is 1. The minimum Gasteiger partial charge on any atom is -0.507 e. The van der Waals surface area contributed by atoms with E-state index in [1.165, 1.54) is 24.1 Å². The van der Waals surface area contributed by atoms with E-state index in [-0.39, 0.29) is 26.9 Å². The van der Waals surface area contributed by atoms with Crippen LogP contribution in [0.3, 0.4) is 0 Å². The van der Waals surface area contributed by atoms with Crippen LogP contribution < -0.4 is 9.64 Å². The third-order valence-corrected chi connectivity index (χ3v) is 5.71. The van der Waals surface area contributed by atoms with Crippen molar-refractivity contribution < 1.29 is 19.4 Å². The number of pyridine rings is 1.